The van der Waals surface area contributed by atoms with Crippen LogP contribution in [0.5, 0.6) is 0 Å². The van der Waals surface area contributed by atoms with Crippen molar-refractivity contribution in [3.05, 3.63) is 24.0 Å². The van der Waals surface area contributed by atoms with E-state index >= 15 is 0 Å². The summed E-state index contributed by atoms with van der Waals surface area (Å²) >= 11 is 0. The van der Waals surface area contributed by atoms with Crippen LogP contribution in [0.3, 0.4) is 0 Å². The second kappa shape index (κ2) is 5.70. The Balaban J connectivity index is 2.39. The molecule has 1 rings (SSSR count). The molecule has 0 aliphatic carbocycles. The molecule has 90 valence electrons. The maximum atomic E-state index is 11.4. The molecule has 0 unspecified atom stereocenters. The molecule has 4 heteroatoms. The molecule has 0 bridgehead atoms. The van der Waals surface area contributed by atoms with Crippen LogP contribution in [0.25, 0.3) is 0 Å². The number of hydrogen-bond donors (Lipinski definition) is 3. The summed E-state index contributed by atoms with van der Waals surface area (Å²) in [5.74, 6) is 0.0430. The van der Waals surface area contributed by atoms with Gasteiger partial charge in [0.15, 0.2) is 0 Å². The summed E-state index contributed by atoms with van der Waals surface area (Å²) < 4.78 is 0. The highest BCUT2D eigenvalue weighted by atomic mass is 16.1. The van der Waals surface area contributed by atoms with Crippen molar-refractivity contribution in [2.24, 2.45) is 0 Å². The number of hydrogen-bond acceptors (Lipinski definition) is 2. The molecule has 1 aromatic heterocycles. The Morgan fingerprint density at radius 3 is 2.81 bits per heavy atom. The van der Waals surface area contributed by atoms with Gasteiger partial charge in [-0.25, -0.2) is 0 Å². The number of likely N-dealkylation sites (N-methyl/N-ethyl adjacent to an activating group) is 1. The summed E-state index contributed by atoms with van der Waals surface area (Å²) in [6.07, 6.45) is 1.90. The quantitative estimate of drug-likeness (QED) is 0.674. The first kappa shape index (κ1) is 12.8. The van der Waals surface area contributed by atoms with E-state index in [0.29, 0.717) is 13.1 Å². The summed E-state index contributed by atoms with van der Waals surface area (Å²) in [7, 11) is 0. The van der Waals surface area contributed by atoms with Crippen LogP contribution in [0.15, 0.2) is 18.3 Å². The minimum atomic E-state index is -0.0641. The van der Waals surface area contributed by atoms with Gasteiger partial charge in [-0.05, 0) is 18.7 Å². The summed E-state index contributed by atoms with van der Waals surface area (Å²) in [5.41, 5.74) is 1.07. The maximum Gasteiger partial charge on any atom is 0.233 e. The lowest BCUT2D eigenvalue weighted by Gasteiger charge is -2.23. The van der Waals surface area contributed by atoms with Crippen molar-refractivity contribution < 1.29 is 4.79 Å². The second-order valence-corrected chi connectivity index (χ2v) is 4.52. The molecule has 1 amide bonds. The zero-order chi connectivity index (χ0) is 12.0. The number of nitrogens with one attached hydrogen (secondary N) is 3. The van der Waals surface area contributed by atoms with Crippen molar-refractivity contribution in [3.63, 3.8) is 0 Å². The van der Waals surface area contributed by atoms with Gasteiger partial charge in [0.1, 0.15) is 0 Å². The van der Waals surface area contributed by atoms with Crippen LogP contribution in [-0.4, -0.2) is 30.5 Å². The van der Waals surface area contributed by atoms with E-state index in [4.69, 9.17) is 0 Å². The van der Waals surface area contributed by atoms with Gasteiger partial charge in [-0.2, -0.15) is 0 Å². The van der Waals surface area contributed by atoms with Crippen LogP contribution >= 0.6 is 0 Å². The van der Waals surface area contributed by atoms with E-state index in [2.05, 4.69) is 29.5 Å². The van der Waals surface area contributed by atoms with Crippen LogP contribution in [0, 0.1) is 0 Å². The number of rotatable bonds is 6. The summed E-state index contributed by atoms with van der Waals surface area (Å²) in [6.45, 7) is 8.03. The third kappa shape index (κ3) is 3.70. The van der Waals surface area contributed by atoms with Crippen LogP contribution in [0.1, 0.15) is 26.5 Å². The zero-order valence-corrected chi connectivity index (χ0v) is 10.3. The van der Waals surface area contributed by atoms with Crippen LogP contribution in [0.4, 0.5) is 0 Å². The lowest BCUT2D eigenvalue weighted by molar-refractivity contribution is -0.120. The number of amides is 1. The average Bonchev–Trinajstić information content (AvgIpc) is 2.77. The first-order valence-electron chi connectivity index (χ1n) is 5.67. The molecule has 16 heavy (non-hydrogen) atoms. The van der Waals surface area contributed by atoms with Gasteiger partial charge in [0, 0.05) is 23.9 Å². The summed E-state index contributed by atoms with van der Waals surface area (Å²) in [6, 6.07) is 4.01. The molecule has 0 aromatic carbocycles. The first-order valence-corrected chi connectivity index (χ1v) is 5.67. The van der Waals surface area contributed by atoms with Crippen molar-refractivity contribution in [3.8, 4) is 0 Å². The van der Waals surface area contributed by atoms with Gasteiger partial charge in [0.05, 0.1) is 6.54 Å². The van der Waals surface area contributed by atoms with E-state index in [1.807, 2.05) is 25.3 Å². The van der Waals surface area contributed by atoms with Gasteiger partial charge in [0.25, 0.3) is 0 Å². The van der Waals surface area contributed by atoms with E-state index in [0.717, 1.165) is 12.2 Å². The van der Waals surface area contributed by atoms with Crippen LogP contribution < -0.4 is 10.6 Å². The maximum absolute atomic E-state index is 11.4. The molecule has 0 spiro atoms. The lowest BCUT2D eigenvalue weighted by atomic mass is 9.89. The Hall–Kier alpha value is -1.29. The predicted octanol–water partition coefficient (Wildman–Crippen LogP) is 1.02. The topological polar surface area (TPSA) is 56.9 Å². The molecule has 0 saturated carbocycles. The second-order valence-electron chi connectivity index (χ2n) is 4.52. The third-order valence-corrected chi connectivity index (χ3v) is 2.59. The highest BCUT2D eigenvalue weighted by molar-refractivity contribution is 5.78. The van der Waals surface area contributed by atoms with Gasteiger partial charge < -0.3 is 15.6 Å². The fourth-order valence-corrected chi connectivity index (χ4v) is 1.47. The molecular weight excluding hydrogens is 202 g/mol. The van der Waals surface area contributed by atoms with Gasteiger partial charge >= 0.3 is 0 Å². The standard InChI is InChI=1S/C12H21N3O/c1-4-13-8-11(16)15-9-12(2,3)10-6-5-7-14-10/h5-7,13-14H,4,8-9H2,1-3H3,(H,15,16). The van der Waals surface area contributed by atoms with Crippen LogP contribution in [0.2, 0.25) is 0 Å². The van der Waals surface area contributed by atoms with E-state index in [9.17, 15) is 4.79 Å². The predicted molar refractivity (Wildman–Crippen MR) is 65.4 cm³/mol. The van der Waals surface area contributed by atoms with Crippen molar-refractivity contribution in [1.82, 2.24) is 15.6 Å². The van der Waals surface area contributed by atoms with E-state index in [1.165, 1.54) is 0 Å². The Kier molecular flexibility index (Phi) is 4.55. The molecule has 0 atom stereocenters. The number of aromatic amines is 1. The Labute approximate surface area is 96.8 Å². The minimum Gasteiger partial charge on any atom is -0.364 e. The van der Waals surface area contributed by atoms with Crippen molar-refractivity contribution in [2.75, 3.05) is 19.6 Å². The number of carbonyl (C=O) groups excluding carboxylic acids is 1. The van der Waals surface area contributed by atoms with E-state index in [-0.39, 0.29) is 11.3 Å². The van der Waals surface area contributed by atoms with Gasteiger partial charge in [0.2, 0.25) is 5.91 Å². The number of aromatic nitrogens is 1. The number of carbonyl (C=O) groups is 1. The van der Waals surface area contributed by atoms with E-state index in [1.54, 1.807) is 0 Å². The van der Waals surface area contributed by atoms with Gasteiger partial charge in [-0.15, -0.1) is 0 Å². The molecule has 0 saturated heterocycles. The Morgan fingerprint density at radius 1 is 1.50 bits per heavy atom. The first-order chi connectivity index (χ1) is 7.56. The Morgan fingerprint density at radius 2 is 2.25 bits per heavy atom. The summed E-state index contributed by atoms with van der Waals surface area (Å²) in [4.78, 5) is 14.6. The van der Waals surface area contributed by atoms with Crippen molar-refractivity contribution in [2.45, 2.75) is 26.2 Å². The van der Waals surface area contributed by atoms with Gasteiger partial charge in [-0.1, -0.05) is 20.8 Å². The van der Waals surface area contributed by atoms with E-state index < -0.39 is 0 Å². The molecule has 1 heterocycles. The van der Waals surface area contributed by atoms with Gasteiger partial charge in [-0.3, -0.25) is 4.79 Å². The fraction of sp³-hybridized carbons (Fsp3) is 0.583. The summed E-state index contributed by atoms with van der Waals surface area (Å²) in [5, 5.41) is 5.92. The molecule has 0 fully saturated rings. The lowest BCUT2D eigenvalue weighted by Crippen LogP contribution is -2.41. The fourth-order valence-electron chi connectivity index (χ4n) is 1.47. The largest absolute Gasteiger partial charge is 0.364 e. The Bertz CT molecular complexity index is 317. The SMILES string of the molecule is CCNCC(=O)NCC(C)(C)c1ccc[nH]1. The molecule has 0 radical (unpaired) electrons. The molecule has 0 aliphatic heterocycles. The highest BCUT2D eigenvalue weighted by Crippen LogP contribution is 2.19. The molecule has 3 N–H and O–H groups in total. The zero-order valence-electron chi connectivity index (χ0n) is 10.3. The molecular formula is C12H21N3O. The highest BCUT2D eigenvalue weighted by Gasteiger charge is 2.21. The smallest absolute Gasteiger partial charge is 0.233 e. The third-order valence-electron chi connectivity index (χ3n) is 2.59. The van der Waals surface area contributed by atoms with Crippen LogP contribution in [-0.2, 0) is 10.2 Å². The molecule has 4 nitrogen and oxygen atoms in total. The average molecular weight is 223 g/mol. The number of H-pyrrole nitrogens is 1. The normalized spacial score (nSPS) is 11.4. The minimum absolute atomic E-state index is 0.0430. The molecule has 0 aliphatic rings. The molecule has 1 aromatic rings. The van der Waals surface area contributed by atoms with Crippen molar-refractivity contribution >= 4 is 5.91 Å². The van der Waals surface area contributed by atoms with Crippen molar-refractivity contribution in [1.29, 1.82) is 0 Å². The monoisotopic (exact) mass is 223 g/mol.